The lowest BCUT2D eigenvalue weighted by molar-refractivity contribution is -0.150. The molecule has 1 amide bonds. The zero-order valence-corrected chi connectivity index (χ0v) is 18.6. The molecule has 0 radical (unpaired) electrons. The van der Waals surface area contributed by atoms with Crippen LogP contribution < -0.4 is 5.32 Å². The summed E-state index contributed by atoms with van der Waals surface area (Å²) in [5.41, 5.74) is 3.24. The first-order valence-corrected chi connectivity index (χ1v) is 11.2. The Hall–Kier alpha value is -3.56. The van der Waals surface area contributed by atoms with Crippen LogP contribution in [0.3, 0.4) is 0 Å². The van der Waals surface area contributed by atoms with Gasteiger partial charge in [-0.2, -0.15) is 5.26 Å². The van der Waals surface area contributed by atoms with Gasteiger partial charge in [0.25, 0.3) is 0 Å². The number of rotatable bonds is 5. The van der Waals surface area contributed by atoms with E-state index >= 15 is 0 Å². The normalized spacial score (nSPS) is 18.2. The van der Waals surface area contributed by atoms with E-state index in [0.29, 0.717) is 16.4 Å². The summed E-state index contributed by atoms with van der Waals surface area (Å²) in [4.78, 5) is 25.4. The van der Waals surface area contributed by atoms with Gasteiger partial charge in [-0.05, 0) is 28.8 Å². The number of nitrogens with one attached hydrogen (secondary N) is 1. The number of allylic oxidation sites excluding steroid dienone is 1. The zero-order chi connectivity index (χ0) is 22.7. The molecule has 2 atom stereocenters. The molecular weight excluding hydrogens is 420 g/mol. The van der Waals surface area contributed by atoms with Crippen molar-refractivity contribution in [3.05, 3.63) is 94.0 Å². The van der Waals surface area contributed by atoms with E-state index in [2.05, 4.69) is 35.7 Å². The Labute approximate surface area is 191 Å². The van der Waals surface area contributed by atoms with Crippen molar-refractivity contribution in [2.24, 2.45) is 5.92 Å². The fourth-order valence-electron chi connectivity index (χ4n) is 3.94. The number of esters is 1. The topological polar surface area (TPSA) is 79.2 Å². The van der Waals surface area contributed by atoms with Gasteiger partial charge in [-0.25, -0.2) is 0 Å². The third kappa shape index (κ3) is 4.25. The van der Waals surface area contributed by atoms with Gasteiger partial charge >= 0.3 is 5.97 Å². The Morgan fingerprint density at radius 3 is 2.50 bits per heavy atom. The Bertz CT molecular complexity index is 1260. The summed E-state index contributed by atoms with van der Waals surface area (Å²) in [6, 6.07) is 24.1. The van der Waals surface area contributed by atoms with E-state index in [1.165, 1.54) is 18.9 Å². The van der Waals surface area contributed by atoms with E-state index < -0.39 is 23.7 Å². The molecular formula is C26H22N2O3S. The number of nitriles is 1. The van der Waals surface area contributed by atoms with E-state index in [-0.39, 0.29) is 0 Å². The maximum Gasteiger partial charge on any atom is 0.319 e. The van der Waals surface area contributed by atoms with Gasteiger partial charge in [0.1, 0.15) is 5.92 Å². The summed E-state index contributed by atoms with van der Waals surface area (Å²) < 4.78 is 4.90. The van der Waals surface area contributed by atoms with Crippen LogP contribution in [0.4, 0.5) is 0 Å². The number of carbonyl (C=O) groups is 2. The molecule has 0 saturated heterocycles. The van der Waals surface area contributed by atoms with Crippen molar-refractivity contribution in [3.8, 4) is 6.07 Å². The molecule has 160 valence electrons. The largest absolute Gasteiger partial charge is 0.468 e. The third-order valence-electron chi connectivity index (χ3n) is 5.62. The van der Waals surface area contributed by atoms with Gasteiger partial charge in [0.2, 0.25) is 5.91 Å². The van der Waals surface area contributed by atoms with E-state index in [9.17, 15) is 14.9 Å². The number of hydrogen-bond acceptors (Lipinski definition) is 5. The van der Waals surface area contributed by atoms with Crippen molar-refractivity contribution in [1.82, 2.24) is 5.32 Å². The van der Waals surface area contributed by atoms with Gasteiger partial charge in [0, 0.05) is 11.7 Å². The van der Waals surface area contributed by atoms with Crippen LogP contribution in [-0.4, -0.2) is 19.0 Å². The van der Waals surface area contributed by atoms with Gasteiger partial charge in [-0.15, -0.1) is 11.8 Å². The fraction of sp³-hybridized carbons (Fsp3) is 0.192. The van der Waals surface area contributed by atoms with Gasteiger partial charge in [-0.1, -0.05) is 72.3 Å². The summed E-state index contributed by atoms with van der Waals surface area (Å²) >= 11 is 1.39. The monoisotopic (exact) mass is 442 g/mol. The summed E-state index contributed by atoms with van der Waals surface area (Å²) in [5, 5.41) is 15.6. The summed E-state index contributed by atoms with van der Waals surface area (Å²) in [6.07, 6.45) is 0. The minimum Gasteiger partial charge on any atom is -0.468 e. The predicted molar refractivity (Wildman–Crippen MR) is 125 cm³/mol. The molecule has 5 nitrogen and oxygen atoms in total. The second-order valence-electron chi connectivity index (χ2n) is 7.70. The number of thioether (sulfide) groups is 1. The molecule has 3 aromatic carbocycles. The molecule has 6 heteroatoms. The van der Waals surface area contributed by atoms with Gasteiger partial charge in [0.05, 0.1) is 23.8 Å². The highest BCUT2D eigenvalue weighted by molar-refractivity contribution is 8.02. The number of methoxy groups -OCH3 is 1. The van der Waals surface area contributed by atoms with Gasteiger partial charge in [-0.3, -0.25) is 9.59 Å². The second-order valence-corrected chi connectivity index (χ2v) is 8.69. The van der Waals surface area contributed by atoms with Crippen LogP contribution in [0, 0.1) is 24.2 Å². The minimum absolute atomic E-state index is 0.370. The molecule has 0 saturated carbocycles. The first-order valence-electron chi connectivity index (χ1n) is 10.2. The zero-order valence-electron chi connectivity index (χ0n) is 17.8. The second kappa shape index (κ2) is 9.29. The van der Waals surface area contributed by atoms with E-state index in [4.69, 9.17) is 4.74 Å². The number of fused-ring (bicyclic) bond motifs is 1. The van der Waals surface area contributed by atoms with Crippen molar-refractivity contribution in [1.29, 1.82) is 5.26 Å². The lowest BCUT2D eigenvalue weighted by Crippen LogP contribution is -2.44. The van der Waals surface area contributed by atoms with Gasteiger partial charge in [0.15, 0.2) is 0 Å². The van der Waals surface area contributed by atoms with Crippen molar-refractivity contribution in [2.45, 2.75) is 18.6 Å². The molecule has 1 aliphatic rings. The molecule has 1 N–H and O–H groups in total. The number of carbonyl (C=O) groups excluding carboxylic acids is 2. The first kappa shape index (κ1) is 21.7. The smallest absolute Gasteiger partial charge is 0.319 e. The Morgan fingerprint density at radius 2 is 1.81 bits per heavy atom. The van der Waals surface area contributed by atoms with Crippen molar-refractivity contribution >= 4 is 34.4 Å². The standard InChI is InChI=1S/C26H22N2O3S/c1-16-7-10-19(11-8-16)22-21(14-27)25(28-24(29)23(22)26(30)31-2)32-15-17-9-12-18-5-3-4-6-20(18)13-17/h3-13,22-23H,15H2,1-2H3,(H,28,29). The summed E-state index contributed by atoms with van der Waals surface area (Å²) in [7, 11) is 1.25. The first-order chi connectivity index (χ1) is 15.5. The molecule has 0 bridgehead atoms. The highest BCUT2D eigenvalue weighted by atomic mass is 32.2. The molecule has 0 fully saturated rings. The number of ether oxygens (including phenoxy) is 1. The van der Waals surface area contributed by atoms with E-state index in [0.717, 1.165) is 27.5 Å². The van der Waals surface area contributed by atoms with Crippen LogP contribution in [-0.2, 0) is 20.1 Å². The molecule has 0 aliphatic carbocycles. The summed E-state index contributed by atoms with van der Waals surface area (Å²) in [5.74, 6) is -2.33. The van der Waals surface area contributed by atoms with Crippen LogP contribution in [0.2, 0.25) is 0 Å². The maximum atomic E-state index is 12.9. The molecule has 1 heterocycles. The van der Waals surface area contributed by atoms with Gasteiger partial charge < -0.3 is 10.1 Å². The Morgan fingerprint density at radius 1 is 1.09 bits per heavy atom. The SMILES string of the molecule is COC(=O)C1C(=O)NC(SCc2ccc3ccccc3c2)=C(C#N)C1c1ccc(C)cc1. The minimum atomic E-state index is -1.11. The average molecular weight is 443 g/mol. The Balaban J connectivity index is 1.70. The molecule has 32 heavy (non-hydrogen) atoms. The predicted octanol–water partition coefficient (Wildman–Crippen LogP) is 4.82. The summed E-state index contributed by atoms with van der Waals surface area (Å²) in [6.45, 7) is 1.96. The number of nitrogens with zero attached hydrogens (tertiary/aromatic N) is 1. The number of amides is 1. The molecule has 0 spiro atoms. The molecule has 4 rings (SSSR count). The molecule has 2 unspecified atom stereocenters. The lowest BCUT2D eigenvalue weighted by atomic mass is 9.78. The molecule has 3 aromatic rings. The van der Waals surface area contributed by atoms with E-state index in [1.807, 2.05) is 49.4 Å². The van der Waals surface area contributed by atoms with Crippen molar-refractivity contribution in [3.63, 3.8) is 0 Å². The maximum absolute atomic E-state index is 12.9. The number of aryl methyl sites for hydroxylation is 1. The lowest BCUT2D eigenvalue weighted by Gasteiger charge is -2.31. The van der Waals surface area contributed by atoms with Crippen LogP contribution in [0.15, 0.2) is 77.3 Å². The van der Waals surface area contributed by atoms with Crippen molar-refractivity contribution < 1.29 is 14.3 Å². The van der Waals surface area contributed by atoms with Crippen LogP contribution in [0.25, 0.3) is 10.8 Å². The van der Waals surface area contributed by atoms with Crippen LogP contribution in [0.1, 0.15) is 22.6 Å². The van der Waals surface area contributed by atoms with Crippen LogP contribution >= 0.6 is 11.8 Å². The highest BCUT2D eigenvalue weighted by Gasteiger charge is 2.44. The quantitative estimate of drug-likeness (QED) is 0.453. The Kier molecular flexibility index (Phi) is 6.29. The number of hydrogen-bond donors (Lipinski definition) is 1. The molecule has 0 aromatic heterocycles. The highest BCUT2D eigenvalue weighted by Crippen LogP contribution is 2.41. The van der Waals surface area contributed by atoms with Crippen LogP contribution in [0.5, 0.6) is 0 Å². The third-order valence-corrected chi connectivity index (χ3v) is 6.71. The number of benzene rings is 3. The molecule has 1 aliphatic heterocycles. The van der Waals surface area contributed by atoms with Crippen molar-refractivity contribution in [2.75, 3.05) is 7.11 Å². The fourth-order valence-corrected chi connectivity index (χ4v) is 4.93. The van der Waals surface area contributed by atoms with E-state index in [1.54, 1.807) is 0 Å². The average Bonchev–Trinajstić information content (AvgIpc) is 2.82.